The van der Waals surface area contributed by atoms with Gasteiger partial charge in [-0.05, 0) is 44.1 Å². The quantitative estimate of drug-likeness (QED) is 0.910. The molecule has 0 aromatic carbocycles. The van der Waals surface area contributed by atoms with E-state index >= 15 is 0 Å². The number of carbonyl (C=O) groups excluding carboxylic acids is 1. The van der Waals surface area contributed by atoms with Gasteiger partial charge in [0.05, 0.1) is 11.7 Å². The molecule has 1 aromatic rings. The maximum atomic E-state index is 11.9. The number of rotatable bonds is 3. The van der Waals surface area contributed by atoms with Crippen molar-refractivity contribution in [2.45, 2.75) is 44.3 Å². The first-order chi connectivity index (χ1) is 9.67. The van der Waals surface area contributed by atoms with Crippen molar-refractivity contribution in [3.63, 3.8) is 0 Å². The van der Waals surface area contributed by atoms with Crippen LogP contribution in [0.15, 0.2) is 0 Å². The predicted molar refractivity (Wildman–Crippen MR) is 73.9 cm³/mol. The second-order valence-corrected chi connectivity index (χ2v) is 6.18. The molecule has 0 saturated carbocycles. The molecular formula is C13H19N3O3S. The molecule has 7 heteroatoms. The Morgan fingerprint density at radius 2 is 2.25 bits per heavy atom. The van der Waals surface area contributed by atoms with Crippen LogP contribution in [0.4, 0.5) is 0 Å². The Kier molecular flexibility index (Phi) is 4.00. The van der Waals surface area contributed by atoms with Crippen LogP contribution in [0.1, 0.15) is 41.3 Å². The van der Waals surface area contributed by atoms with E-state index in [1.807, 2.05) is 0 Å². The third-order valence-corrected chi connectivity index (χ3v) is 4.76. The molecule has 1 aromatic heterocycles. The highest BCUT2D eigenvalue weighted by atomic mass is 32.1. The van der Waals surface area contributed by atoms with Crippen molar-refractivity contribution in [2.24, 2.45) is 0 Å². The van der Waals surface area contributed by atoms with Crippen LogP contribution >= 0.6 is 11.5 Å². The predicted octanol–water partition coefficient (Wildman–Crippen LogP) is 1.30. The minimum Gasteiger partial charge on any atom is -0.381 e. The lowest BCUT2D eigenvalue weighted by molar-refractivity contribution is -0.102. The zero-order valence-electron chi connectivity index (χ0n) is 11.6. The molecule has 1 amide bonds. The molecular weight excluding hydrogens is 278 g/mol. The Bertz CT molecular complexity index is 485. The number of aryl methyl sites for hydroxylation is 1. The van der Waals surface area contributed by atoms with Crippen molar-refractivity contribution in [3.8, 4) is 0 Å². The van der Waals surface area contributed by atoms with Crippen molar-refractivity contribution in [3.05, 3.63) is 10.8 Å². The molecule has 3 heterocycles. The number of aromatic nitrogens is 2. The molecule has 2 aliphatic rings. The highest BCUT2D eigenvalue weighted by Gasteiger charge is 2.41. The maximum Gasteiger partial charge on any atom is 0.281 e. The topological polar surface area (TPSA) is 73.3 Å². The second kappa shape index (κ2) is 5.75. The molecule has 2 fully saturated rings. The summed E-state index contributed by atoms with van der Waals surface area (Å²) in [7, 11) is 0. The number of nitrogens with zero attached hydrogens (tertiary/aromatic N) is 2. The summed E-state index contributed by atoms with van der Waals surface area (Å²) in [4.78, 5) is 16.0. The Labute approximate surface area is 122 Å². The van der Waals surface area contributed by atoms with Gasteiger partial charge in [-0.25, -0.2) is 4.98 Å². The van der Waals surface area contributed by atoms with Gasteiger partial charge in [-0.2, -0.15) is 4.37 Å². The van der Waals surface area contributed by atoms with Gasteiger partial charge in [0, 0.05) is 19.8 Å². The van der Waals surface area contributed by atoms with E-state index in [1.54, 1.807) is 6.92 Å². The molecule has 6 nitrogen and oxygen atoms in total. The molecule has 1 spiro atoms. The Morgan fingerprint density at radius 3 is 2.95 bits per heavy atom. The van der Waals surface area contributed by atoms with Crippen LogP contribution in [0, 0.1) is 6.92 Å². The van der Waals surface area contributed by atoms with E-state index in [2.05, 4.69) is 14.7 Å². The largest absolute Gasteiger partial charge is 0.381 e. The molecule has 1 unspecified atom stereocenters. The fourth-order valence-corrected chi connectivity index (χ4v) is 3.41. The molecule has 3 rings (SSSR count). The average molecular weight is 297 g/mol. The zero-order chi connectivity index (χ0) is 14.0. The number of amides is 1. The van der Waals surface area contributed by atoms with Crippen LogP contribution in [-0.2, 0) is 9.47 Å². The van der Waals surface area contributed by atoms with Gasteiger partial charge in [0.2, 0.25) is 5.01 Å². The monoisotopic (exact) mass is 297 g/mol. The first-order valence-corrected chi connectivity index (χ1v) is 7.78. The number of hydrogen-bond donors (Lipinski definition) is 1. The van der Waals surface area contributed by atoms with Crippen molar-refractivity contribution in [1.82, 2.24) is 14.7 Å². The molecule has 0 radical (unpaired) electrons. The SMILES string of the molecule is Cc1nsc(C(=O)NCC2CCC3(CCOCC3)O2)n1. The minimum atomic E-state index is -0.160. The molecule has 2 aliphatic heterocycles. The smallest absolute Gasteiger partial charge is 0.281 e. The number of carbonyl (C=O) groups is 1. The van der Waals surface area contributed by atoms with Crippen LogP contribution in [0.25, 0.3) is 0 Å². The fourth-order valence-electron chi connectivity index (χ4n) is 2.82. The Morgan fingerprint density at radius 1 is 1.45 bits per heavy atom. The van der Waals surface area contributed by atoms with Gasteiger partial charge >= 0.3 is 0 Å². The normalized spacial score (nSPS) is 24.9. The number of nitrogens with one attached hydrogen (secondary N) is 1. The van der Waals surface area contributed by atoms with Crippen LogP contribution in [0.2, 0.25) is 0 Å². The van der Waals surface area contributed by atoms with E-state index in [1.165, 1.54) is 0 Å². The van der Waals surface area contributed by atoms with Crippen LogP contribution in [-0.4, -0.2) is 46.7 Å². The molecule has 1 N–H and O–H groups in total. The summed E-state index contributed by atoms with van der Waals surface area (Å²) in [6.45, 7) is 3.88. The molecule has 0 bridgehead atoms. The van der Waals surface area contributed by atoms with Gasteiger partial charge in [0.1, 0.15) is 5.82 Å². The molecule has 2 saturated heterocycles. The lowest BCUT2D eigenvalue weighted by Crippen LogP contribution is -2.38. The van der Waals surface area contributed by atoms with Gasteiger partial charge in [0.15, 0.2) is 0 Å². The third-order valence-electron chi connectivity index (χ3n) is 3.95. The van der Waals surface area contributed by atoms with E-state index in [0.717, 1.165) is 50.4 Å². The van der Waals surface area contributed by atoms with Crippen LogP contribution < -0.4 is 5.32 Å². The van der Waals surface area contributed by atoms with Crippen molar-refractivity contribution in [2.75, 3.05) is 19.8 Å². The fraction of sp³-hybridized carbons (Fsp3) is 0.769. The highest BCUT2D eigenvalue weighted by molar-refractivity contribution is 7.07. The van der Waals surface area contributed by atoms with Gasteiger partial charge in [-0.1, -0.05) is 0 Å². The third kappa shape index (κ3) is 2.99. The first kappa shape index (κ1) is 13.9. The standard InChI is InChI=1S/C13H19N3O3S/c1-9-15-12(20-16-9)11(17)14-8-10-2-3-13(19-10)4-6-18-7-5-13/h10H,2-8H2,1H3,(H,14,17). The van der Waals surface area contributed by atoms with Crippen molar-refractivity contribution < 1.29 is 14.3 Å². The number of hydrogen-bond acceptors (Lipinski definition) is 6. The van der Waals surface area contributed by atoms with E-state index in [-0.39, 0.29) is 17.6 Å². The lowest BCUT2D eigenvalue weighted by atomic mass is 9.91. The van der Waals surface area contributed by atoms with E-state index in [0.29, 0.717) is 17.4 Å². The summed E-state index contributed by atoms with van der Waals surface area (Å²) in [6.07, 6.45) is 4.09. The molecule has 110 valence electrons. The van der Waals surface area contributed by atoms with Gasteiger partial charge in [0.25, 0.3) is 5.91 Å². The van der Waals surface area contributed by atoms with Crippen molar-refractivity contribution in [1.29, 1.82) is 0 Å². The summed E-state index contributed by atoms with van der Waals surface area (Å²) in [5, 5.41) is 3.31. The van der Waals surface area contributed by atoms with Gasteiger partial charge in [-0.3, -0.25) is 4.79 Å². The second-order valence-electron chi connectivity index (χ2n) is 5.43. The first-order valence-electron chi connectivity index (χ1n) is 7.01. The minimum absolute atomic E-state index is 0.00697. The molecule has 0 aliphatic carbocycles. The lowest BCUT2D eigenvalue weighted by Gasteiger charge is -2.33. The van der Waals surface area contributed by atoms with E-state index in [4.69, 9.17) is 9.47 Å². The van der Waals surface area contributed by atoms with Gasteiger partial charge < -0.3 is 14.8 Å². The summed E-state index contributed by atoms with van der Waals surface area (Å²) >= 11 is 1.13. The zero-order valence-corrected chi connectivity index (χ0v) is 12.4. The maximum absolute atomic E-state index is 11.9. The summed E-state index contributed by atoms with van der Waals surface area (Å²) in [5.41, 5.74) is -0.00697. The number of ether oxygens (including phenoxy) is 2. The Balaban J connectivity index is 1.49. The summed E-state index contributed by atoms with van der Waals surface area (Å²) < 4.78 is 15.6. The van der Waals surface area contributed by atoms with Gasteiger partial charge in [-0.15, -0.1) is 0 Å². The summed E-state index contributed by atoms with van der Waals surface area (Å²) in [6, 6.07) is 0. The van der Waals surface area contributed by atoms with Crippen LogP contribution in [0.5, 0.6) is 0 Å². The molecule has 1 atom stereocenters. The van der Waals surface area contributed by atoms with Crippen molar-refractivity contribution >= 4 is 17.4 Å². The summed E-state index contributed by atoms with van der Waals surface area (Å²) in [5.74, 6) is 0.477. The van der Waals surface area contributed by atoms with Crippen LogP contribution in [0.3, 0.4) is 0 Å². The van der Waals surface area contributed by atoms with E-state index in [9.17, 15) is 4.79 Å². The average Bonchev–Trinajstić information content (AvgIpc) is 3.05. The van der Waals surface area contributed by atoms with E-state index < -0.39 is 0 Å². The Hall–Kier alpha value is -1.05. The molecule has 20 heavy (non-hydrogen) atoms. The highest BCUT2D eigenvalue weighted by Crippen LogP contribution is 2.37.